The number of hydrogen-bond acceptors (Lipinski definition) is 4. The number of aryl methyl sites for hydroxylation is 1. The van der Waals surface area contributed by atoms with Gasteiger partial charge in [-0.25, -0.2) is 8.42 Å². The molecule has 0 aliphatic heterocycles. The molecule has 0 spiro atoms. The van der Waals surface area contributed by atoms with E-state index in [1.54, 1.807) is 16.9 Å². The smallest absolute Gasteiger partial charge is 0.271 e. The Morgan fingerprint density at radius 1 is 1.17 bits per heavy atom. The SMILES string of the molecule is CCc1ccc(S(=O)(=O)Nc2cnn(Cc3ccccc3)c2)s1. The molecule has 3 rings (SSSR count). The molecular weight excluding hydrogens is 330 g/mol. The third-order valence-electron chi connectivity index (χ3n) is 3.32. The number of sulfonamides is 1. The molecule has 0 aliphatic rings. The predicted molar refractivity (Wildman–Crippen MR) is 92.3 cm³/mol. The van der Waals surface area contributed by atoms with Crippen molar-refractivity contribution in [2.75, 3.05) is 4.72 Å². The Bertz CT molecular complexity index is 883. The molecule has 5 nitrogen and oxygen atoms in total. The average molecular weight is 347 g/mol. The van der Waals surface area contributed by atoms with Gasteiger partial charge in [0.1, 0.15) is 4.21 Å². The molecular formula is C16H17N3O2S2. The topological polar surface area (TPSA) is 64.0 Å². The molecule has 120 valence electrons. The lowest BCUT2D eigenvalue weighted by Gasteiger charge is -2.03. The van der Waals surface area contributed by atoms with E-state index in [0.29, 0.717) is 16.4 Å². The monoisotopic (exact) mass is 347 g/mol. The molecule has 0 saturated carbocycles. The second-order valence-corrected chi connectivity index (χ2v) is 8.17. The lowest BCUT2D eigenvalue weighted by molar-refractivity contribution is 0.603. The van der Waals surface area contributed by atoms with Crippen molar-refractivity contribution in [1.82, 2.24) is 9.78 Å². The van der Waals surface area contributed by atoms with Crippen LogP contribution < -0.4 is 4.72 Å². The van der Waals surface area contributed by atoms with E-state index in [0.717, 1.165) is 16.9 Å². The van der Waals surface area contributed by atoms with E-state index in [9.17, 15) is 8.42 Å². The van der Waals surface area contributed by atoms with E-state index in [2.05, 4.69) is 9.82 Å². The summed E-state index contributed by atoms with van der Waals surface area (Å²) < 4.78 is 29.3. The van der Waals surface area contributed by atoms with Crippen molar-refractivity contribution in [3.05, 3.63) is 65.3 Å². The summed E-state index contributed by atoms with van der Waals surface area (Å²) in [5.41, 5.74) is 1.57. The zero-order chi connectivity index (χ0) is 16.3. The van der Waals surface area contributed by atoms with Crippen LogP contribution in [0.4, 0.5) is 5.69 Å². The number of hydrogen-bond donors (Lipinski definition) is 1. The van der Waals surface area contributed by atoms with Gasteiger partial charge in [-0.2, -0.15) is 5.10 Å². The van der Waals surface area contributed by atoms with Gasteiger partial charge in [0.2, 0.25) is 0 Å². The fourth-order valence-electron chi connectivity index (χ4n) is 2.17. The summed E-state index contributed by atoms with van der Waals surface area (Å²) in [6.07, 6.45) is 4.04. The number of rotatable bonds is 6. The molecule has 0 atom stereocenters. The van der Waals surface area contributed by atoms with Crippen LogP contribution in [0.1, 0.15) is 17.4 Å². The molecule has 0 aliphatic carbocycles. The van der Waals surface area contributed by atoms with Gasteiger partial charge in [0.05, 0.1) is 18.4 Å². The molecule has 0 fully saturated rings. The Balaban J connectivity index is 1.73. The average Bonchev–Trinajstić information content (AvgIpc) is 3.17. The first-order valence-corrected chi connectivity index (χ1v) is 9.55. The van der Waals surface area contributed by atoms with Gasteiger partial charge in [0.25, 0.3) is 10.0 Å². The Kier molecular flexibility index (Phi) is 4.49. The van der Waals surface area contributed by atoms with Gasteiger partial charge >= 0.3 is 0 Å². The maximum absolute atomic E-state index is 12.4. The van der Waals surface area contributed by atoms with Crippen molar-refractivity contribution in [3.63, 3.8) is 0 Å². The van der Waals surface area contributed by atoms with Gasteiger partial charge in [0, 0.05) is 11.1 Å². The molecule has 23 heavy (non-hydrogen) atoms. The summed E-state index contributed by atoms with van der Waals surface area (Å²) in [5, 5.41) is 4.20. The van der Waals surface area contributed by atoms with E-state index in [1.165, 1.54) is 17.5 Å². The lowest BCUT2D eigenvalue weighted by Crippen LogP contribution is -2.10. The maximum Gasteiger partial charge on any atom is 0.271 e. The fourth-order valence-corrected chi connectivity index (χ4v) is 4.49. The predicted octanol–water partition coefficient (Wildman–Crippen LogP) is 3.36. The molecule has 0 unspecified atom stereocenters. The third kappa shape index (κ3) is 3.80. The van der Waals surface area contributed by atoms with Gasteiger partial charge < -0.3 is 0 Å². The second-order valence-electron chi connectivity index (χ2n) is 5.09. The molecule has 2 aromatic heterocycles. The van der Waals surface area contributed by atoms with Crippen LogP contribution in [-0.2, 0) is 23.0 Å². The highest BCUT2D eigenvalue weighted by Gasteiger charge is 2.17. The molecule has 0 saturated heterocycles. The number of aromatic nitrogens is 2. The number of anilines is 1. The van der Waals surface area contributed by atoms with Crippen LogP contribution in [0.3, 0.4) is 0 Å². The normalized spacial score (nSPS) is 11.5. The summed E-state index contributed by atoms with van der Waals surface area (Å²) in [7, 11) is -3.55. The Labute approximate surface area is 139 Å². The number of nitrogens with one attached hydrogen (secondary N) is 1. The van der Waals surface area contributed by atoms with Gasteiger partial charge in [0.15, 0.2) is 0 Å². The largest absolute Gasteiger partial charge is 0.276 e. The summed E-state index contributed by atoms with van der Waals surface area (Å²) in [6, 6.07) is 13.4. The fraction of sp³-hybridized carbons (Fsp3) is 0.188. The van der Waals surface area contributed by atoms with Crippen molar-refractivity contribution in [2.24, 2.45) is 0 Å². The third-order valence-corrected chi connectivity index (χ3v) is 6.43. The summed E-state index contributed by atoms with van der Waals surface area (Å²) in [6.45, 7) is 2.60. The molecule has 3 aromatic rings. The Morgan fingerprint density at radius 2 is 1.96 bits per heavy atom. The number of benzene rings is 1. The van der Waals surface area contributed by atoms with Crippen LogP contribution >= 0.6 is 11.3 Å². The Hall–Kier alpha value is -2.12. The zero-order valence-corrected chi connectivity index (χ0v) is 14.3. The van der Waals surface area contributed by atoms with Gasteiger partial charge in [-0.1, -0.05) is 37.3 Å². The molecule has 0 amide bonds. The van der Waals surface area contributed by atoms with E-state index in [1.807, 2.05) is 43.3 Å². The van der Waals surface area contributed by atoms with Gasteiger partial charge in [-0.05, 0) is 24.1 Å². The maximum atomic E-state index is 12.4. The minimum Gasteiger partial charge on any atom is -0.276 e. The van der Waals surface area contributed by atoms with Gasteiger partial charge in [-0.15, -0.1) is 11.3 Å². The molecule has 2 heterocycles. The summed E-state index contributed by atoms with van der Waals surface area (Å²) in [5.74, 6) is 0. The standard InChI is InChI=1S/C16H17N3O2S2/c1-2-15-8-9-16(22-15)23(20,21)18-14-10-17-19(12-14)11-13-6-4-3-5-7-13/h3-10,12,18H,2,11H2,1H3. The highest BCUT2D eigenvalue weighted by molar-refractivity contribution is 7.94. The van der Waals surface area contributed by atoms with E-state index < -0.39 is 10.0 Å². The quantitative estimate of drug-likeness (QED) is 0.744. The number of nitrogens with zero attached hydrogens (tertiary/aromatic N) is 2. The van der Waals surface area contributed by atoms with Crippen molar-refractivity contribution in [3.8, 4) is 0 Å². The molecule has 1 N–H and O–H groups in total. The van der Waals surface area contributed by atoms with Crippen LogP contribution in [0.15, 0.2) is 59.1 Å². The minimum atomic E-state index is -3.55. The van der Waals surface area contributed by atoms with Crippen LogP contribution in [0.25, 0.3) is 0 Å². The molecule has 0 bridgehead atoms. The first-order valence-electron chi connectivity index (χ1n) is 7.25. The highest BCUT2D eigenvalue weighted by atomic mass is 32.2. The molecule has 1 aromatic carbocycles. The second kappa shape index (κ2) is 6.55. The molecule has 0 radical (unpaired) electrons. The zero-order valence-electron chi connectivity index (χ0n) is 12.6. The van der Waals surface area contributed by atoms with E-state index in [-0.39, 0.29) is 0 Å². The lowest BCUT2D eigenvalue weighted by atomic mass is 10.2. The number of thiophene rings is 1. The van der Waals surface area contributed by atoms with Crippen LogP contribution in [0.5, 0.6) is 0 Å². The highest BCUT2D eigenvalue weighted by Crippen LogP contribution is 2.24. The van der Waals surface area contributed by atoms with E-state index in [4.69, 9.17) is 0 Å². The first kappa shape index (κ1) is 15.8. The van der Waals surface area contributed by atoms with Crippen molar-refractivity contribution >= 4 is 27.0 Å². The van der Waals surface area contributed by atoms with Gasteiger partial charge in [-0.3, -0.25) is 9.40 Å². The van der Waals surface area contributed by atoms with Crippen molar-refractivity contribution in [1.29, 1.82) is 0 Å². The van der Waals surface area contributed by atoms with Crippen LogP contribution in [-0.4, -0.2) is 18.2 Å². The first-order chi connectivity index (χ1) is 11.1. The summed E-state index contributed by atoms with van der Waals surface area (Å²) in [4.78, 5) is 1.05. The van der Waals surface area contributed by atoms with E-state index >= 15 is 0 Å². The van der Waals surface area contributed by atoms with Crippen LogP contribution in [0, 0.1) is 0 Å². The summed E-state index contributed by atoms with van der Waals surface area (Å²) >= 11 is 1.29. The van der Waals surface area contributed by atoms with Crippen molar-refractivity contribution < 1.29 is 8.42 Å². The molecule has 7 heteroatoms. The van der Waals surface area contributed by atoms with Crippen molar-refractivity contribution in [2.45, 2.75) is 24.1 Å². The minimum absolute atomic E-state index is 0.324. The van der Waals surface area contributed by atoms with Crippen LogP contribution in [0.2, 0.25) is 0 Å². The Morgan fingerprint density at radius 3 is 2.65 bits per heavy atom.